The third kappa shape index (κ3) is 6.80. The molecule has 0 saturated heterocycles. The monoisotopic (exact) mass is 564 g/mol. The van der Waals surface area contributed by atoms with Gasteiger partial charge in [-0.15, -0.1) is 0 Å². The van der Waals surface area contributed by atoms with Crippen LogP contribution in [0.15, 0.2) is 54.1 Å². The number of ether oxygens (including phenoxy) is 2. The van der Waals surface area contributed by atoms with Crippen LogP contribution in [-0.4, -0.2) is 71.7 Å². The summed E-state index contributed by atoms with van der Waals surface area (Å²) in [5.74, 6) is -0.584. The van der Waals surface area contributed by atoms with Crippen molar-refractivity contribution < 1.29 is 34.1 Å². The highest BCUT2D eigenvalue weighted by molar-refractivity contribution is 5.96. The maximum atomic E-state index is 13.7. The van der Waals surface area contributed by atoms with E-state index in [1.807, 2.05) is 30.3 Å². The average Bonchev–Trinajstić information content (AvgIpc) is 3.39. The van der Waals surface area contributed by atoms with E-state index < -0.39 is 30.1 Å². The van der Waals surface area contributed by atoms with Crippen LogP contribution in [0.3, 0.4) is 0 Å². The number of aliphatic hydroxyl groups excluding tert-OH is 2. The van der Waals surface area contributed by atoms with Crippen molar-refractivity contribution in [3.8, 4) is 11.5 Å². The van der Waals surface area contributed by atoms with Crippen molar-refractivity contribution in [2.75, 3.05) is 20.3 Å². The van der Waals surface area contributed by atoms with Crippen LogP contribution in [0.25, 0.3) is 0 Å². The summed E-state index contributed by atoms with van der Waals surface area (Å²) in [6.45, 7) is 2.19. The molecule has 9 heteroatoms. The van der Waals surface area contributed by atoms with Gasteiger partial charge in [-0.1, -0.05) is 62.9 Å². The Morgan fingerprint density at radius 2 is 1.88 bits per heavy atom. The minimum absolute atomic E-state index is 0.0383. The third-order valence-electron chi connectivity index (χ3n) is 7.78. The van der Waals surface area contributed by atoms with Crippen LogP contribution in [0.2, 0.25) is 0 Å². The van der Waals surface area contributed by atoms with Crippen molar-refractivity contribution in [3.63, 3.8) is 0 Å². The molecule has 3 N–H and O–H groups in total. The first-order valence-corrected chi connectivity index (χ1v) is 14.4. The summed E-state index contributed by atoms with van der Waals surface area (Å²) in [5, 5.41) is 23.8. The quantitative estimate of drug-likeness (QED) is 0.237. The van der Waals surface area contributed by atoms with E-state index in [0.29, 0.717) is 40.9 Å². The van der Waals surface area contributed by atoms with E-state index in [1.165, 1.54) is 7.11 Å². The second kappa shape index (κ2) is 14.3. The molecule has 41 heavy (non-hydrogen) atoms. The molecule has 1 heterocycles. The van der Waals surface area contributed by atoms with Gasteiger partial charge < -0.3 is 29.9 Å². The Morgan fingerprint density at radius 1 is 1.12 bits per heavy atom. The molecule has 1 aliphatic carbocycles. The van der Waals surface area contributed by atoms with E-state index in [9.17, 15) is 24.6 Å². The lowest BCUT2D eigenvalue weighted by Crippen LogP contribution is -2.55. The molecule has 2 amide bonds. The molecule has 2 aliphatic rings. The Hall–Kier alpha value is -3.69. The maximum absolute atomic E-state index is 13.7. The van der Waals surface area contributed by atoms with Crippen LogP contribution < -0.4 is 14.8 Å². The number of carbonyl (C=O) groups is 3. The fourth-order valence-electron chi connectivity index (χ4n) is 5.72. The lowest BCUT2D eigenvalue weighted by atomic mass is 9.77. The summed E-state index contributed by atoms with van der Waals surface area (Å²) >= 11 is 0. The first kappa shape index (κ1) is 30.3. The number of hydrogen-bond acceptors (Lipinski definition) is 7. The number of nitrogens with one attached hydrogen (secondary N) is 1. The molecule has 0 bridgehead atoms. The van der Waals surface area contributed by atoms with E-state index in [-0.39, 0.29) is 25.6 Å². The zero-order valence-electron chi connectivity index (χ0n) is 23.8. The van der Waals surface area contributed by atoms with E-state index in [2.05, 4.69) is 12.2 Å². The number of nitrogens with zero attached hydrogens (tertiary/aromatic N) is 1. The molecule has 9 nitrogen and oxygen atoms in total. The lowest BCUT2D eigenvalue weighted by Gasteiger charge is -2.41. The predicted molar refractivity (Wildman–Crippen MR) is 154 cm³/mol. The fourth-order valence-corrected chi connectivity index (χ4v) is 5.72. The van der Waals surface area contributed by atoms with Gasteiger partial charge in [0, 0.05) is 36.2 Å². The number of aliphatic hydroxyl groups is 2. The number of aldehydes is 1. The Morgan fingerprint density at radius 3 is 2.56 bits per heavy atom. The van der Waals surface area contributed by atoms with Crippen LogP contribution in [-0.2, 0) is 16.1 Å². The Labute approximate surface area is 241 Å². The van der Waals surface area contributed by atoms with Crippen molar-refractivity contribution in [3.05, 3.63) is 70.8 Å². The van der Waals surface area contributed by atoms with Gasteiger partial charge in [0.25, 0.3) is 0 Å². The second-order valence-electron chi connectivity index (χ2n) is 10.6. The summed E-state index contributed by atoms with van der Waals surface area (Å²) in [7, 11) is 1.46. The van der Waals surface area contributed by atoms with Crippen LogP contribution in [0.5, 0.6) is 11.5 Å². The van der Waals surface area contributed by atoms with Gasteiger partial charge in [-0.05, 0) is 30.2 Å². The first-order chi connectivity index (χ1) is 19.9. The zero-order chi connectivity index (χ0) is 29.4. The zero-order valence-corrected chi connectivity index (χ0v) is 23.8. The summed E-state index contributed by atoms with van der Waals surface area (Å²) in [6.07, 6.45) is 5.56. The molecule has 220 valence electrons. The second-order valence-corrected chi connectivity index (χ2v) is 10.6. The predicted octanol–water partition coefficient (Wildman–Crippen LogP) is 3.52. The van der Waals surface area contributed by atoms with Gasteiger partial charge in [0.05, 0.1) is 25.7 Å². The van der Waals surface area contributed by atoms with Crippen molar-refractivity contribution >= 4 is 18.1 Å². The molecule has 4 atom stereocenters. The number of fused-ring (bicyclic) bond motifs is 3. The van der Waals surface area contributed by atoms with Crippen LogP contribution in [0, 0.1) is 0 Å². The standard InChI is InChI=1S/C32H40N2O7/c1-3-4-5-6-10-13-27(37)34(19-21-11-8-7-9-12-21)25-18-24(32(39)33-14-15-35)28-23-16-22(20-36)17-26(40-2)30(23)41-31(28)29(25)38/h7-9,11-12,16-18,20,25,28-29,31,35,38H,3-6,10,13-15,19H2,1-2H3,(H,33,39). The molecule has 2 aromatic carbocycles. The molecular weight excluding hydrogens is 524 g/mol. The summed E-state index contributed by atoms with van der Waals surface area (Å²) in [4.78, 5) is 40.5. The van der Waals surface area contributed by atoms with Gasteiger partial charge in [0.2, 0.25) is 11.8 Å². The SMILES string of the molecule is CCCCCCCC(=O)N(Cc1ccccc1)C1C=C(C(=O)NCCO)C2c3cc(C=O)cc(OC)c3OC2C1O. The number of unbranched alkanes of at least 4 members (excludes halogenated alkanes) is 4. The number of methoxy groups -OCH3 is 1. The Kier molecular flexibility index (Phi) is 10.5. The lowest BCUT2D eigenvalue weighted by molar-refractivity contribution is -0.138. The highest BCUT2D eigenvalue weighted by atomic mass is 16.5. The molecule has 0 fully saturated rings. The van der Waals surface area contributed by atoms with E-state index in [4.69, 9.17) is 9.47 Å². The first-order valence-electron chi connectivity index (χ1n) is 14.4. The Bertz CT molecular complexity index is 1250. The van der Waals surface area contributed by atoms with Gasteiger partial charge >= 0.3 is 0 Å². The van der Waals surface area contributed by atoms with Gasteiger partial charge in [-0.25, -0.2) is 0 Å². The summed E-state index contributed by atoms with van der Waals surface area (Å²) in [6, 6.07) is 11.9. The summed E-state index contributed by atoms with van der Waals surface area (Å²) < 4.78 is 11.7. The molecular formula is C32H40N2O7. The normalized spacial score (nSPS) is 20.7. The molecule has 1 aliphatic heterocycles. The van der Waals surface area contributed by atoms with Gasteiger partial charge in [-0.3, -0.25) is 14.4 Å². The fraction of sp³-hybridized carbons (Fsp3) is 0.469. The van der Waals surface area contributed by atoms with Crippen molar-refractivity contribution in [1.82, 2.24) is 10.2 Å². The van der Waals surface area contributed by atoms with E-state index in [1.54, 1.807) is 23.1 Å². The van der Waals surface area contributed by atoms with Crippen LogP contribution in [0.4, 0.5) is 0 Å². The van der Waals surface area contributed by atoms with Crippen molar-refractivity contribution in [2.45, 2.75) is 76.2 Å². The minimum Gasteiger partial charge on any atom is -0.493 e. The maximum Gasteiger partial charge on any atom is 0.247 e. The minimum atomic E-state index is -1.17. The Balaban J connectivity index is 1.74. The molecule has 0 saturated carbocycles. The molecule has 4 rings (SSSR count). The number of rotatable bonds is 14. The number of carbonyl (C=O) groups excluding carboxylic acids is 3. The number of amides is 2. The number of benzene rings is 2. The van der Waals surface area contributed by atoms with Crippen molar-refractivity contribution in [2.24, 2.45) is 0 Å². The molecule has 0 radical (unpaired) electrons. The molecule has 0 spiro atoms. The van der Waals surface area contributed by atoms with Crippen LogP contribution >= 0.6 is 0 Å². The van der Waals surface area contributed by atoms with Gasteiger partial charge in [0.1, 0.15) is 18.5 Å². The van der Waals surface area contributed by atoms with Crippen LogP contribution in [0.1, 0.15) is 72.9 Å². The van der Waals surface area contributed by atoms with E-state index in [0.717, 1.165) is 37.7 Å². The third-order valence-corrected chi connectivity index (χ3v) is 7.78. The highest BCUT2D eigenvalue weighted by Crippen LogP contribution is 2.51. The van der Waals surface area contributed by atoms with Gasteiger partial charge in [-0.2, -0.15) is 0 Å². The smallest absolute Gasteiger partial charge is 0.247 e. The highest BCUT2D eigenvalue weighted by Gasteiger charge is 2.51. The number of hydrogen-bond donors (Lipinski definition) is 3. The van der Waals surface area contributed by atoms with Crippen molar-refractivity contribution in [1.29, 1.82) is 0 Å². The van der Waals surface area contributed by atoms with E-state index >= 15 is 0 Å². The topological polar surface area (TPSA) is 125 Å². The molecule has 4 unspecified atom stereocenters. The largest absolute Gasteiger partial charge is 0.493 e. The van der Waals surface area contributed by atoms with Gasteiger partial charge in [0.15, 0.2) is 11.5 Å². The molecule has 2 aromatic rings. The summed E-state index contributed by atoms with van der Waals surface area (Å²) in [5.41, 5.74) is 2.10. The average molecular weight is 565 g/mol. The molecule has 0 aromatic heterocycles.